The topological polar surface area (TPSA) is 58.6 Å². The van der Waals surface area contributed by atoms with E-state index < -0.39 is 6.09 Å². The summed E-state index contributed by atoms with van der Waals surface area (Å²) in [6.45, 7) is 4.79. The first-order valence-electron chi connectivity index (χ1n) is 5.29. The number of cyclic esters (lactones) is 1. The number of amides is 1. The molecule has 0 aromatic rings. The Hall–Kier alpha value is -0.770. The van der Waals surface area contributed by atoms with Crippen molar-refractivity contribution < 1.29 is 14.6 Å². The molecule has 1 unspecified atom stereocenters. The largest absolute Gasteiger partial charge is 0.442 e. The van der Waals surface area contributed by atoms with Crippen LogP contribution in [0.4, 0.5) is 4.79 Å². The van der Waals surface area contributed by atoms with Crippen molar-refractivity contribution in [2.75, 3.05) is 13.2 Å². The van der Waals surface area contributed by atoms with Crippen LogP contribution in [0.25, 0.3) is 0 Å². The van der Waals surface area contributed by atoms with Gasteiger partial charge in [0.25, 0.3) is 0 Å². The summed E-state index contributed by atoms with van der Waals surface area (Å²) >= 11 is 0. The zero-order valence-corrected chi connectivity index (χ0v) is 9.08. The monoisotopic (exact) mass is 203 g/mol. The maximum Gasteiger partial charge on any atom is 0.407 e. The third-order valence-corrected chi connectivity index (χ3v) is 1.91. The third-order valence-electron chi connectivity index (χ3n) is 1.91. The molecule has 1 aliphatic heterocycles. The number of carbonyl (C=O) groups excluding carboxylic acids is 1. The molecule has 1 fully saturated rings. The minimum Gasteiger partial charge on any atom is -0.442 e. The number of rotatable bonds is 4. The molecule has 0 spiro atoms. The van der Waals surface area contributed by atoms with E-state index in [4.69, 9.17) is 5.11 Å². The van der Waals surface area contributed by atoms with Crippen molar-refractivity contribution >= 4 is 6.09 Å². The SMILES string of the molecule is CCCCCC.O=C1NCC(CO)O1. The van der Waals surface area contributed by atoms with Crippen molar-refractivity contribution in [1.82, 2.24) is 5.32 Å². The van der Waals surface area contributed by atoms with Gasteiger partial charge in [0.1, 0.15) is 6.10 Å². The lowest BCUT2D eigenvalue weighted by Gasteiger charge is -1.98. The number of carbonyl (C=O) groups is 1. The first kappa shape index (κ1) is 13.2. The molecule has 84 valence electrons. The van der Waals surface area contributed by atoms with E-state index in [0.717, 1.165) is 0 Å². The van der Waals surface area contributed by atoms with Crippen LogP contribution >= 0.6 is 0 Å². The van der Waals surface area contributed by atoms with E-state index in [1.165, 1.54) is 25.7 Å². The van der Waals surface area contributed by atoms with Gasteiger partial charge in [-0.15, -0.1) is 0 Å². The summed E-state index contributed by atoms with van der Waals surface area (Å²) in [6, 6.07) is 0. The number of hydrogen-bond donors (Lipinski definition) is 2. The maximum atomic E-state index is 10.2. The average Bonchev–Trinajstić information content (AvgIpc) is 2.62. The predicted molar refractivity (Wildman–Crippen MR) is 55.2 cm³/mol. The fourth-order valence-electron chi connectivity index (χ4n) is 1.03. The molecule has 4 nitrogen and oxygen atoms in total. The van der Waals surface area contributed by atoms with Gasteiger partial charge in [0.15, 0.2) is 0 Å². The Morgan fingerprint density at radius 2 is 2.00 bits per heavy atom. The Morgan fingerprint density at radius 1 is 1.43 bits per heavy atom. The van der Waals surface area contributed by atoms with Crippen molar-refractivity contribution in [1.29, 1.82) is 0 Å². The highest BCUT2D eigenvalue weighted by molar-refractivity contribution is 5.69. The molecule has 1 aliphatic rings. The summed E-state index contributed by atoms with van der Waals surface area (Å²) in [5.74, 6) is 0. The molecule has 1 atom stereocenters. The molecular formula is C10H21NO3. The van der Waals surface area contributed by atoms with Crippen molar-refractivity contribution in [3.63, 3.8) is 0 Å². The maximum absolute atomic E-state index is 10.2. The van der Waals surface area contributed by atoms with Gasteiger partial charge in [0.05, 0.1) is 13.2 Å². The Morgan fingerprint density at radius 3 is 2.21 bits per heavy atom. The van der Waals surface area contributed by atoms with E-state index >= 15 is 0 Å². The van der Waals surface area contributed by atoms with Gasteiger partial charge in [0, 0.05) is 0 Å². The third kappa shape index (κ3) is 6.71. The summed E-state index contributed by atoms with van der Waals surface area (Å²) < 4.78 is 4.51. The van der Waals surface area contributed by atoms with Crippen molar-refractivity contribution in [2.45, 2.75) is 45.6 Å². The minimum atomic E-state index is -0.441. The molecule has 0 aliphatic carbocycles. The summed E-state index contributed by atoms with van der Waals surface area (Å²) in [7, 11) is 0. The van der Waals surface area contributed by atoms with Crippen LogP contribution in [0.2, 0.25) is 0 Å². The van der Waals surface area contributed by atoms with Crippen LogP contribution in [0, 0.1) is 0 Å². The van der Waals surface area contributed by atoms with Gasteiger partial charge >= 0.3 is 6.09 Å². The molecule has 1 rings (SSSR count). The molecule has 4 heteroatoms. The van der Waals surface area contributed by atoms with Gasteiger partial charge in [-0.1, -0.05) is 39.5 Å². The first-order valence-corrected chi connectivity index (χ1v) is 5.29. The van der Waals surface area contributed by atoms with Crippen LogP contribution in [0.15, 0.2) is 0 Å². The Bertz CT molecular complexity index is 146. The molecule has 1 saturated heterocycles. The van der Waals surface area contributed by atoms with Crippen LogP contribution in [-0.4, -0.2) is 30.5 Å². The fraction of sp³-hybridized carbons (Fsp3) is 0.900. The van der Waals surface area contributed by atoms with Crippen LogP contribution < -0.4 is 5.32 Å². The zero-order chi connectivity index (χ0) is 10.8. The van der Waals surface area contributed by atoms with Crippen LogP contribution in [0.3, 0.4) is 0 Å². The minimum absolute atomic E-state index is 0.0985. The Labute approximate surface area is 85.6 Å². The van der Waals surface area contributed by atoms with E-state index in [0.29, 0.717) is 6.54 Å². The smallest absolute Gasteiger partial charge is 0.407 e. The number of aliphatic hydroxyl groups excluding tert-OH is 1. The molecule has 0 bridgehead atoms. The molecule has 0 radical (unpaired) electrons. The van der Waals surface area contributed by atoms with E-state index in [1.807, 2.05) is 0 Å². The Balaban J connectivity index is 0.000000255. The number of ether oxygens (including phenoxy) is 1. The van der Waals surface area contributed by atoms with Crippen LogP contribution in [0.5, 0.6) is 0 Å². The summed E-state index contributed by atoms with van der Waals surface area (Å²) in [5, 5.41) is 10.8. The predicted octanol–water partition coefficient (Wildman–Crippen LogP) is 1.67. The van der Waals surface area contributed by atoms with Crippen molar-refractivity contribution in [3.8, 4) is 0 Å². The van der Waals surface area contributed by atoms with E-state index in [-0.39, 0.29) is 12.7 Å². The standard InChI is InChI=1S/C6H14.C4H7NO3/c1-3-5-6-4-2;6-2-3-1-5-4(7)8-3/h3-6H2,1-2H3;3,6H,1-2H2,(H,5,7). The molecule has 14 heavy (non-hydrogen) atoms. The highest BCUT2D eigenvalue weighted by Gasteiger charge is 2.20. The quantitative estimate of drug-likeness (QED) is 0.683. The number of nitrogens with one attached hydrogen (secondary N) is 1. The van der Waals surface area contributed by atoms with Gasteiger partial charge < -0.3 is 15.2 Å². The van der Waals surface area contributed by atoms with Gasteiger partial charge in [-0.05, 0) is 0 Å². The average molecular weight is 203 g/mol. The molecule has 1 amide bonds. The molecule has 0 aromatic heterocycles. The number of hydrogen-bond acceptors (Lipinski definition) is 3. The summed E-state index contributed by atoms with van der Waals surface area (Å²) in [4.78, 5) is 10.2. The van der Waals surface area contributed by atoms with Gasteiger partial charge in [0.2, 0.25) is 0 Å². The zero-order valence-electron chi connectivity index (χ0n) is 9.08. The van der Waals surface area contributed by atoms with E-state index in [9.17, 15) is 4.79 Å². The lowest BCUT2D eigenvalue weighted by Crippen LogP contribution is -2.17. The van der Waals surface area contributed by atoms with Gasteiger partial charge in [-0.2, -0.15) is 0 Å². The second kappa shape index (κ2) is 8.81. The van der Waals surface area contributed by atoms with E-state index in [2.05, 4.69) is 23.9 Å². The first-order chi connectivity index (χ1) is 6.74. The lowest BCUT2D eigenvalue weighted by atomic mass is 10.2. The number of aliphatic hydroxyl groups is 1. The van der Waals surface area contributed by atoms with Gasteiger partial charge in [-0.3, -0.25) is 0 Å². The highest BCUT2D eigenvalue weighted by atomic mass is 16.6. The molecule has 2 N–H and O–H groups in total. The number of alkyl carbamates (subject to hydrolysis) is 1. The Kier molecular flexibility index (Phi) is 8.33. The van der Waals surface area contributed by atoms with Crippen LogP contribution in [0.1, 0.15) is 39.5 Å². The highest BCUT2D eigenvalue weighted by Crippen LogP contribution is 1.96. The van der Waals surface area contributed by atoms with Crippen molar-refractivity contribution in [3.05, 3.63) is 0 Å². The fourth-order valence-corrected chi connectivity index (χ4v) is 1.03. The molecule has 0 aromatic carbocycles. The summed E-state index contributed by atoms with van der Waals surface area (Å²) in [6.07, 6.45) is 4.76. The second-order valence-corrected chi connectivity index (χ2v) is 3.30. The van der Waals surface area contributed by atoms with Crippen molar-refractivity contribution in [2.24, 2.45) is 0 Å². The lowest BCUT2D eigenvalue weighted by molar-refractivity contribution is 0.0961. The van der Waals surface area contributed by atoms with E-state index in [1.54, 1.807) is 0 Å². The summed E-state index contributed by atoms with van der Waals surface area (Å²) in [5.41, 5.74) is 0. The molecular weight excluding hydrogens is 182 g/mol. The molecule has 0 saturated carbocycles. The number of unbranched alkanes of at least 4 members (excludes halogenated alkanes) is 3. The second-order valence-electron chi connectivity index (χ2n) is 3.30. The van der Waals surface area contributed by atoms with Gasteiger partial charge in [-0.25, -0.2) is 4.79 Å². The molecule has 1 heterocycles. The normalized spacial score (nSPS) is 19.4. The van der Waals surface area contributed by atoms with Crippen LogP contribution in [-0.2, 0) is 4.74 Å².